The number of esters is 1. The number of rotatable bonds is 11. The van der Waals surface area contributed by atoms with Crippen LogP contribution in [0.15, 0.2) is 65.4 Å². The molecule has 1 aliphatic rings. The predicted octanol–water partition coefficient (Wildman–Crippen LogP) is 9.61. The number of benzene rings is 1. The molecular weight excluding hydrogens is 513 g/mol. The summed E-state index contributed by atoms with van der Waals surface area (Å²) in [5, 5.41) is 1.50. The Morgan fingerprint density at radius 2 is 1.72 bits per heavy atom. The molecule has 2 rings (SSSR count). The highest BCUT2D eigenvalue weighted by Gasteiger charge is 2.32. The fraction of sp³-hybridized carbons (Fsp3) is 0.618. The minimum atomic E-state index is -1.69. The van der Waals surface area contributed by atoms with Gasteiger partial charge in [0.2, 0.25) is 0 Å². The van der Waals surface area contributed by atoms with Crippen LogP contribution in [0.4, 0.5) is 0 Å². The molecule has 0 fully saturated rings. The summed E-state index contributed by atoms with van der Waals surface area (Å²) in [5.74, 6) is 0.265. The normalized spacial score (nSPS) is 24.0. The van der Waals surface area contributed by atoms with Gasteiger partial charge in [-0.15, -0.1) is 0 Å². The first-order valence-corrected chi connectivity index (χ1v) is 21.2. The lowest BCUT2D eigenvalue weighted by Gasteiger charge is -2.34. The molecule has 0 spiro atoms. The van der Waals surface area contributed by atoms with Crippen LogP contribution in [0.25, 0.3) is 0 Å². The lowest BCUT2D eigenvalue weighted by Crippen LogP contribution is -2.40. The predicted molar refractivity (Wildman–Crippen MR) is 173 cm³/mol. The topological polar surface area (TPSA) is 35.5 Å². The van der Waals surface area contributed by atoms with Gasteiger partial charge in [-0.25, -0.2) is 0 Å². The summed E-state index contributed by atoms with van der Waals surface area (Å²) < 4.78 is 12.9. The molecule has 0 N–H and O–H groups in total. The van der Waals surface area contributed by atoms with Crippen molar-refractivity contribution in [3.8, 4) is 0 Å². The summed E-state index contributed by atoms with van der Waals surface area (Å²) in [6.45, 7) is 20.6. The van der Waals surface area contributed by atoms with Crippen molar-refractivity contribution in [1.29, 1.82) is 0 Å². The van der Waals surface area contributed by atoms with Gasteiger partial charge in [0.05, 0.1) is 8.07 Å². The lowest BCUT2D eigenvalue weighted by molar-refractivity contribution is -0.148. The van der Waals surface area contributed by atoms with E-state index in [0.29, 0.717) is 6.42 Å². The smallest absolute Gasteiger partial charge is 0.306 e. The Kier molecular flexibility index (Phi) is 13.7. The molecule has 5 heteroatoms. The number of hydrogen-bond donors (Lipinski definition) is 0. The first-order valence-electron chi connectivity index (χ1n) is 15.4. The lowest BCUT2D eigenvalue weighted by atomic mass is 9.93. The van der Waals surface area contributed by atoms with Crippen molar-refractivity contribution in [2.24, 2.45) is 11.8 Å². The molecule has 39 heavy (non-hydrogen) atoms. The molecule has 218 valence electrons. The molecule has 0 bridgehead atoms. The van der Waals surface area contributed by atoms with Crippen molar-refractivity contribution >= 4 is 22.4 Å². The van der Waals surface area contributed by atoms with Crippen molar-refractivity contribution in [1.82, 2.24) is 0 Å². The van der Waals surface area contributed by atoms with Crippen LogP contribution < -0.4 is 0 Å². The highest BCUT2D eigenvalue weighted by molar-refractivity contribution is 6.84. The van der Waals surface area contributed by atoms with Gasteiger partial charge in [-0.2, -0.15) is 0 Å². The molecular formula is C34H56O3Si2. The zero-order valence-electron chi connectivity index (χ0n) is 26.4. The Hall–Kier alpha value is -1.70. The summed E-state index contributed by atoms with van der Waals surface area (Å²) in [7, 11) is -3.37. The van der Waals surface area contributed by atoms with E-state index in [1.54, 1.807) is 0 Å². The van der Waals surface area contributed by atoms with Crippen LogP contribution in [-0.2, 0) is 20.0 Å². The zero-order chi connectivity index (χ0) is 29.1. The van der Waals surface area contributed by atoms with E-state index in [1.165, 1.54) is 10.8 Å². The highest BCUT2D eigenvalue weighted by atomic mass is 28.4. The standard InChI is InChI=1S/C34H56O3Si2/c1-10-39(11-2,12-3)37-30(7)28(5)25-29(6)34-27(4)23-24-32(21-17-14-18-22-33(35)36-34)38(8,9)26-31-19-15-13-16-20-31/h13,15-16,19-21,23-25,27-28,30,34H,10-12,14,17-18,22,26H2,1-9H3/b24-23-,29-25+,32-21-/t27-,28-,30+,34+/m0/s1. The van der Waals surface area contributed by atoms with E-state index >= 15 is 0 Å². The molecule has 0 aliphatic carbocycles. The number of ether oxygens (including phenoxy) is 1. The van der Waals surface area contributed by atoms with Crippen molar-refractivity contribution < 1.29 is 14.0 Å². The number of allylic oxidation sites excluding steroid dienone is 3. The molecule has 4 atom stereocenters. The zero-order valence-corrected chi connectivity index (χ0v) is 28.4. The summed E-state index contributed by atoms with van der Waals surface area (Å²) in [4.78, 5) is 12.8. The number of cyclic esters (lactones) is 1. The largest absolute Gasteiger partial charge is 0.457 e. The van der Waals surface area contributed by atoms with Crippen LogP contribution >= 0.6 is 0 Å². The maximum Gasteiger partial charge on any atom is 0.306 e. The van der Waals surface area contributed by atoms with Crippen LogP contribution in [0.1, 0.15) is 79.7 Å². The summed E-state index contributed by atoms with van der Waals surface area (Å²) in [6, 6.07) is 15.5. The van der Waals surface area contributed by atoms with Crippen LogP contribution in [0.3, 0.4) is 0 Å². The van der Waals surface area contributed by atoms with Crippen molar-refractivity contribution in [2.45, 2.75) is 124 Å². The number of carbonyl (C=O) groups excluding carboxylic acids is 1. The molecule has 3 nitrogen and oxygen atoms in total. The van der Waals surface area contributed by atoms with Gasteiger partial charge >= 0.3 is 5.97 Å². The maximum atomic E-state index is 12.8. The first kappa shape index (κ1) is 33.5. The van der Waals surface area contributed by atoms with E-state index in [4.69, 9.17) is 9.16 Å². The van der Waals surface area contributed by atoms with Gasteiger partial charge in [0.25, 0.3) is 0 Å². The number of hydrogen-bond acceptors (Lipinski definition) is 3. The molecule has 0 radical (unpaired) electrons. The second kappa shape index (κ2) is 15.9. The Morgan fingerprint density at radius 1 is 1.08 bits per heavy atom. The van der Waals surface area contributed by atoms with Crippen molar-refractivity contribution in [3.05, 3.63) is 71.0 Å². The van der Waals surface area contributed by atoms with E-state index in [2.05, 4.69) is 116 Å². The molecule has 1 aromatic carbocycles. The quantitative estimate of drug-likeness (QED) is 0.151. The van der Waals surface area contributed by atoms with Gasteiger partial charge in [0.1, 0.15) is 6.10 Å². The second-order valence-electron chi connectivity index (χ2n) is 12.4. The van der Waals surface area contributed by atoms with Crippen LogP contribution in [0.2, 0.25) is 31.2 Å². The summed E-state index contributed by atoms with van der Waals surface area (Å²) >= 11 is 0. The third-order valence-corrected chi connectivity index (χ3v) is 16.8. The van der Waals surface area contributed by atoms with Gasteiger partial charge in [-0.1, -0.05) is 113 Å². The summed E-state index contributed by atoms with van der Waals surface area (Å²) in [6.07, 6.45) is 12.7. The average molecular weight is 569 g/mol. The van der Waals surface area contributed by atoms with Gasteiger partial charge in [-0.3, -0.25) is 4.79 Å². The third-order valence-electron chi connectivity index (χ3n) is 8.87. The molecule has 0 aromatic heterocycles. The van der Waals surface area contributed by atoms with Crippen molar-refractivity contribution in [3.63, 3.8) is 0 Å². The van der Waals surface area contributed by atoms with Crippen molar-refractivity contribution in [2.75, 3.05) is 0 Å². The highest BCUT2D eigenvalue weighted by Crippen LogP contribution is 2.29. The van der Waals surface area contributed by atoms with Gasteiger partial charge in [0.15, 0.2) is 8.32 Å². The maximum absolute atomic E-state index is 12.8. The van der Waals surface area contributed by atoms with E-state index in [9.17, 15) is 4.79 Å². The van der Waals surface area contributed by atoms with Gasteiger partial charge in [0, 0.05) is 18.4 Å². The average Bonchev–Trinajstić information content (AvgIpc) is 2.90. The van der Waals surface area contributed by atoms with E-state index in [1.807, 2.05) is 0 Å². The van der Waals surface area contributed by atoms with Gasteiger partial charge in [-0.05, 0) is 68.8 Å². The van der Waals surface area contributed by atoms with E-state index in [-0.39, 0.29) is 30.0 Å². The molecule has 0 saturated carbocycles. The fourth-order valence-electron chi connectivity index (χ4n) is 5.77. The van der Waals surface area contributed by atoms with Crippen LogP contribution in [0.5, 0.6) is 0 Å². The molecule has 0 saturated heterocycles. The molecule has 1 heterocycles. The Balaban J connectivity index is 2.29. The molecule has 0 unspecified atom stereocenters. The molecule has 1 aliphatic heterocycles. The monoisotopic (exact) mass is 568 g/mol. The Bertz CT molecular complexity index is 967. The van der Waals surface area contributed by atoms with E-state index < -0.39 is 16.4 Å². The Labute approximate surface area is 242 Å². The summed E-state index contributed by atoms with van der Waals surface area (Å²) in [5.41, 5.74) is 2.54. The molecule has 0 amide bonds. The van der Waals surface area contributed by atoms with Crippen LogP contribution in [-0.4, -0.2) is 34.6 Å². The van der Waals surface area contributed by atoms with Crippen LogP contribution in [0, 0.1) is 11.8 Å². The minimum absolute atomic E-state index is 0.0807. The van der Waals surface area contributed by atoms with Gasteiger partial charge < -0.3 is 9.16 Å². The number of carbonyl (C=O) groups is 1. The Morgan fingerprint density at radius 3 is 2.33 bits per heavy atom. The first-order chi connectivity index (χ1) is 18.5. The minimum Gasteiger partial charge on any atom is -0.457 e. The molecule has 1 aromatic rings. The second-order valence-corrected chi connectivity index (χ2v) is 21.8. The SMILES string of the molecule is CC[Si](CC)(CC)O[C@H](C)[C@@H](C)/C=C(\C)[C@@H]1OC(=O)CCCC/C=C([Si](C)(C)Cc2ccccc2)/C=C\[C@@H]1C. The fourth-order valence-corrected chi connectivity index (χ4v) is 11.5. The van der Waals surface area contributed by atoms with E-state index in [0.717, 1.165) is 49.0 Å². The third kappa shape index (κ3) is 10.3.